The van der Waals surface area contributed by atoms with E-state index in [4.69, 9.17) is 14.2 Å². The Hall–Kier alpha value is -4.71. The van der Waals surface area contributed by atoms with Gasteiger partial charge in [0, 0.05) is 19.3 Å². The molecule has 0 aromatic heterocycles. The Morgan fingerprint density at radius 1 is 0.355 bits per heavy atom. The third-order valence-corrected chi connectivity index (χ3v) is 9.25. The Morgan fingerprint density at radius 3 is 1.23 bits per heavy atom. The van der Waals surface area contributed by atoms with E-state index >= 15 is 0 Å². The molecule has 0 N–H and O–H groups in total. The molecule has 1 atom stereocenters. The van der Waals surface area contributed by atoms with E-state index in [-0.39, 0.29) is 50.4 Å². The van der Waals surface area contributed by atoms with E-state index in [2.05, 4.69) is 93.7 Å². The first-order chi connectivity index (χ1) is 30.5. The SMILES string of the molecule is CC\C=C/C=C\C=C/C=C\C=C\C=C/C=C\CCCCCC(=O)OCC(COC(=O)CCC/C=C\CCCCCC)OC(=O)CCCCC/C=C\C/C=C\C/C=C\C/C=C\CC. The standard InChI is InChI=1S/C56H84O6/c1-4-7-10-13-16-19-21-23-25-27-28-29-31-32-34-37-40-43-46-49-55(58)61-52-53(51-60-54(57)48-45-42-39-36-18-15-12-9-6-3)62-56(59)50-47-44-41-38-35-33-30-26-24-22-20-17-14-11-8-5-2/h7-8,10-11,13,16-17,19-21,23-29,31-36,39,53H,4-6,9,12,14-15,18,22,30,37-38,40-52H2,1-3H3/b10-7-,11-8-,16-13-,20-17-,21-19-,25-23-,26-24-,28-27+,31-29-,34-32-,35-33-,39-36-. The number of rotatable bonds is 40. The minimum absolute atomic E-state index is 0.128. The predicted molar refractivity (Wildman–Crippen MR) is 265 cm³/mol. The van der Waals surface area contributed by atoms with E-state index in [1.165, 1.54) is 25.7 Å². The van der Waals surface area contributed by atoms with Gasteiger partial charge in [0.05, 0.1) is 0 Å². The van der Waals surface area contributed by atoms with Gasteiger partial charge in [0.2, 0.25) is 0 Å². The van der Waals surface area contributed by atoms with Crippen LogP contribution in [0.5, 0.6) is 0 Å². The fraction of sp³-hybridized carbons (Fsp3) is 0.518. The first kappa shape index (κ1) is 57.3. The minimum atomic E-state index is -0.830. The summed E-state index contributed by atoms with van der Waals surface area (Å²) in [6, 6.07) is 0. The minimum Gasteiger partial charge on any atom is -0.462 e. The second-order valence-corrected chi connectivity index (χ2v) is 15.1. The van der Waals surface area contributed by atoms with Crippen LogP contribution in [0, 0.1) is 0 Å². The molecule has 6 nitrogen and oxygen atoms in total. The molecule has 1 unspecified atom stereocenters. The maximum atomic E-state index is 12.7. The smallest absolute Gasteiger partial charge is 0.306 e. The Bertz CT molecular complexity index is 1440. The number of esters is 3. The molecule has 0 radical (unpaired) electrons. The summed E-state index contributed by atoms with van der Waals surface area (Å²) in [5.74, 6) is -1.05. The van der Waals surface area contributed by atoms with Gasteiger partial charge in [0.25, 0.3) is 0 Å². The zero-order valence-electron chi connectivity index (χ0n) is 39.1. The quantitative estimate of drug-likeness (QED) is 0.0201. The average molecular weight is 853 g/mol. The lowest BCUT2D eigenvalue weighted by Crippen LogP contribution is -2.30. The van der Waals surface area contributed by atoms with Gasteiger partial charge < -0.3 is 14.2 Å². The number of allylic oxidation sites excluding steroid dienone is 24. The molecule has 0 saturated heterocycles. The number of ether oxygens (including phenoxy) is 3. The predicted octanol–water partition coefficient (Wildman–Crippen LogP) is 15.7. The second kappa shape index (κ2) is 49.0. The van der Waals surface area contributed by atoms with Crippen molar-refractivity contribution in [2.24, 2.45) is 0 Å². The summed E-state index contributed by atoms with van der Waals surface area (Å²) in [6.07, 6.45) is 69.8. The highest BCUT2D eigenvalue weighted by atomic mass is 16.6. The van der Waals surface area contributed by atoms with Crippen LogP contribution in [-0.2, 0) is 28.6 Å². The highest BCUT2D eigenvalue weighted by Gasteiger charge is 2.19. The van der Waals surface area contributed by atoms with Gasteiger partial charge in [0.1, 0.15) is 13.2 Å². The van der Waals surface area contributed by atoms with Crippen molar-refractivity contribution in [3.63, 3.8) is 0 Å². The third kappa shape index (κ3) is 46.4. The first-order valence-corrected chi connectivity index (χ1v) is 23.9. The number of carbonyl (C=O) groups excluding carboxylic acids is 3. The van der Waals surface area contributed by atoms with Gasteiger partial charge in [-0.2, -0.15) is 0 Å². The molecule has 0 rings (SSSR count). The molecule has 0 bridgehead atoms. The van der Waals surface area contributed by atoms with E-state index in [1.54, 1.807) is 0 Å². The fourth-order valence-electron chi connectivity index (χ4n) is 5.71. The summed E-state index contributed by atoms with van der Waals surface area (Å²) in [6.45, 7) is 6.21. The molecular weight excluding hydrogens is 769 g/mol. The number of hydrogen-bond acceptors (Lipinski definition) is 6. The van der Waals surface area contributed by atoms with E-state index < -0.39 is 6.10 Å². The van der Waals surface area contributed by atoms with Crippen LogP contribution < -0.4 is 0 Å². The molecule has 0 fully saturated rings. The van der Waals surface area contributed by atoms with Gasteiger partial charge in [-0.1, -0.05) is 199 Å². The molecule has 0 amide bonds. The highest BCUT2D eigenvalue weighted by Crippen LogP contribution is 2.10. The molecule has 0 saturated carbocycles. The molecule has 62 heavy (non-hydrogen) atoms. The van der Waals surface area contributed by atoms with Gasteiger partial charge in [-0.15, -0.1) is 0 Å². The van der Waals surface area contributed by atoms with Gasteiger partial charge in [-0.3, -0.25) is 14.4 Å². The van der Waals surface area contributed by atoms with Crippen LogP contribution in [-0.4, -0.2) is 37.2 Å². The van der Waals surface area contributed by atoms with Crippen LogP contribution >= 0.6 is 0 Å². The normalized spacial score (nSPS) is 13.4. The van der Waals surface area contributed by atoms with E-state index in [0.717, 1.165) is 83.5 Å². The maximum absolute atomic E-state index is 12.7. The summed E-state index contributed by atoms with van der Waals surface area (Å²) < 4.78 is 16.6. The molecule has 0 aliphatic rings. The molecule has 0 aliphatic carbocycles. The molecule has 0 spiro atoms. The number of hydrogen-bond donors (Lipinski definition) is 0. The largest absolute Gasteiger partial charge is 0.462 e. The van der Waals surface area contributed by atoms with Crippen LogP contribution in [0.4, 0.5) is 0 Å². The van der Waals surface area contributed by atoms with Crippen molar-refractivity contribution in [3.05, 3.63) is 146 Å². The summed E-state index contributed by atoms with van der Waals surface area (Å²) in [7, 11) is 0. The third-order valence-electron chi connectivity index (χ3n) is 9.25. The Balaban J connectivity index is 4.57. The highest BCUT2D eigenvalue weighted by molar-refractivity contribution is 5.71. The summed E-state index contributed by atoms with van der Waals surface area (Å²) in [4.78, 5) is 37.8. The fourth-order valence-corrected chi connectivity index (χ4v) is 5.71. The van der Waals surface area contributed by atoms with Crippen LogP contribution in [0.1, 0.15) is 168 Å². The lowest BCUT2D eigenvalue weighted by atomic mass is 10.1. The molecule has 0 heterocycles. The molecule has 0 aromatic carbocycles. The van der Waals surface area contributed by atoms with Crippen molar-refractivity contribution in [2.75, 3.05) is 13.2 Å². The van der Waals surface area contributed by atoms with E-state index in [0.29, 0.717) is 19.3 Å². The molecule has 344 valence electrons. The van der Waals surface area contributed by atoms with Crippen molar-refractivity contribution < 1.29 is 28.6 Å². The van der Waals surface area contributed by atoms with Crippen LogP contribution in [0.15, 0.2) is 146 Å². The Kier molecular flexibility index (Phi) is 45.2. The second-order valence-electron chi connectivity index (χ2n) is 15.1. The number of unbranched alkanes of at least 4 members (excludes halogenated alkanes) is 11. The zero-order chi connectivity index (χ0) is 45.1. The van der Waals surface area contributed by atoms with Crippen molar-refractivity contribution in [2.45, 2.75) is 175 Å². The van der Waals surface area contributed by atoms with Crippen molar-refractivity contribution in [1.82, 2.24) is 0 Å². The van der Waals surface area contributed by atoms with Crippen molar-refractivity contribution >= 4 is 17.9 Å². The van der Waals surface area contributed by atoms with E-state index in [9.17, 15) is 14.4 Å². The summed E-state index contributed by atoms with van der Waals surface area (Å²) in [5.41, 5.74) is 0. The maximum Gasteiger partial charge on any atom is 0.306 e. The Morgan fingerprint density at radius 2 is 0.726 bits per heavy atom. The first-order valence-electron chi connectivity index (χ1n) is 23.9. The molecule has 6 heteroatoms. The van der Waals surface area contributed by atoms with Gasteiger partial charge in [0.15, 0.2) is 6.10 Å². The zero-order valence-corrected chi connectivity index (χ0v) is 39.1. The average Bonchev–Trinajstić information content (AvgIpc) is 3.27. The van der Waals surface area contributed by atoms with Crippen LogP contribution in [0.3, 0.4) is 0 Å². The van der Waals surface area contributed by atoms with Crippen molar-refractivity contribution in [3.8, 4) is 0 Å². The molecule has 0 aliphatic heterocycles. The van der Waals surface area contributed by atoms with Gasteiger partial charge in [-0.25, -0.2) is 0 Å². The lowest BCUT2D eigenvalue weighted by molar-refractivity contribution is -0.167. The summed E-state index contributed by atoms with van der Waals surface area (Å²) >= 11 is 0. The lowest BCUT2D eigenvalue weighted by Gasteiger charge is -2.18. The van der Waals surface area contributed by atoms with E-state index in [1.807, 2.05) is 72.9 Å². The topological polar surface area (TPSA) is 78.9 Å². The summed E-state index contributed by atoms with van der Waals surface area (Å²) in [5, 5.41) is 0. The van der Waals surface area contributed by atoms with Crippen molar-refractivity contribution in [1.29, 1.82) is 0 Å². The Labute approximate surface area is 378 Å². The van der Waals surface area contributed by atoms with Crippen LogP contribution in [0.25, 0.3) is 0 Å². The van der Waals surface area contributed by atoms with Crippen LogP contribution in [0.2, 0.25) is 0 Å². The number of carbonyl (C=O) groups is 3. The molecular formula is C56H84O6. The molecule has 0 aromatic rings. The monoisotopic (exact) mass is 853 g/mol. The van der Waals surface area contributed by atoms with Gasteiger partial charge >= 0.3 is 17.9 Å². The van der Waals surface area contributed by atoms with Gasteiger partial charge in [-0.05, 0) is 96.3 Å².